The van der Waals surface area contributed by atoms with Crippen molar-refractivity contribution >= 4 is 0 Å². The first kappa shape index (κ1) is 10.1. The fraction of sp³-hybridized carbons (Fsp3) is 0.188. The molecule has 0 saturated heterocycles. The average Bonchev–Trinajstić information content (AvgIpc) is 2.80. The van der Waals surface area contributed by atoms with Gasteiger partial charge in [-0.2, -0.15) is 5.26 Å². The van der Waals surface area contributed by atoms with Crippen LogP contribution in [0.2, 0.25) is 0 Å². The molecule has 0 amide bonds. The summed E-state index contributed by atoms with van der Waals surface area (Å²) in [4.78, 5) is 0. The van der Waals surface area contributed by atoms with Crippen molar-refractivity contribution in [1.82, 2.24) is 0 Å². The molecule has 0 spiro atoms. The monoisotopic (exact) mass is 219 g/mol. The topological polar surface area (TPSA) is 23.8 Å². The van der Waals surface area contributed by atoms with E-state index < -0.39 is 5.41 Å². The van der Waals surface area contributed by atoms with Crippen LogP contribution in [0.5, 0.6) is 0 Å². The smallest absolute Gasteiger partial charge is 0.108 e. The standard InChI is InChI=1S/C16H13N/c17-12-16(14-7-2-1-3-8-14)11-10-13-6-4-5-9-15(13)16/h1-9H,10-11H2. The van der Waals surface area contributed by atoms with Crippen LogP contribution < -0.4 is 0 Å². The van der Waals surface area contributed by atoms with Crippen LogP contribution in [0.1, 0.15) is 23.1 Å². The lowest BCUT2D eigenvalue weighted by Crippen LogP contribution is -2.22. The molecule has 2 aromatic carbocycles. The molecule has 82 valence electrons. The summed E-state index contributed by atoms with van der Waals surface area (Å²) < 4.78 is 0. The van der Waals surface area contributed by atoms with Crippen LogP contribution in [0, 0.1) is 11.3 Å². The number of nitriles is 1. The van der Waals surface area contributed by atoms with E-state index in [1.54, 1.807) is 0 Å². The van der Waals surface area contributed by atoms with Gasteiger partial charge in [0.1, 0.15) is 5.41 Å². The summed E-state index contributed by atoms with van der Waals surface area (Å²) in [6, 6.07) is 21.0. The zero-order chi connectivity index (χ0) is 11.7. The van der Waals surface area contributed by atoms with Gasteiger partial charge in [-0.3, -0.25) is 0 Å². The van der Waals surface area contributed by atoms with Crippen molar-refractivity contribution in [1.29, 1.82) is 5.26 Å². The maximum atomic E-state index is 9.67. The van der Waals surface area contributed by atoms with Gasteiger partial charge in [0.25, 0.3) is 0 Å². The molecule has 0 heterocycles. The Bertz CT molecular complexity index is 580. The number of rotatable bonds is 1. The van der Waals surface area contributed by atoms with Crippen LogP contribution >= 0.6 is 0 Å². The Kier molecular flexibility index (Phi) is 2.23. The summed E-state index contributed by atoms with van der Waals surface area (Å²) >= 11 is 0. The van der Waals surface area contributed by atoms with Gasteiger partial charge in [0.2, 0.25) is 0 Å². The highest BCUT2D eigenvalue weighted by Crippen LogP contribution is 2.43. The first-order valence-electron chi connectivity index (χ1n) is 5.92. The molecule has 0 bridgehead atoms. The van der Waals surface area contributed by atoms with E-state index >= 15 is 0 Å². The third kappa shape index (κ3) is 1.38. The molecule has 1 nitrogen and oxygen atoms in total. The summed E-state index contributed by atoms with van der Waals surface area (Å²) in [5, 5.41) is 9.67. The predicted molar refractivity (Wildman–Crippen MR) is 67.6 cm³/mol. The lowest BCUT2D eigenvalue weighted by atomic mass is 9.77. The van der Waals surface area contributed by atoms with Crippen molar-refractivity contribution in [3.8, 4) is 6.07 Å². The van der Waals surface area contributed by atoms with Gasteiger partial charge >= 0.3 is 0 Å². The minimum Gasteiger partial charge on any atom is -0.197 e. The molecule has 1 aliphatic carbocycles. The van der Waals surface area contributed by atoms with E-state index in [0.717, 1.165) is 18.4 Å². The van der Waals surface area contributed by atoms with Crippen molar-refractivity contribution in [2.75, 3.05) is 0 Å². The van der Waals surface area contributed by atoms with Gasteiger partial charge in [-0.1, -0.05) is 54.6 Å². The van der Waals surface area contributed by atoms with E-state index in [2.05, 4.69) is 36.4 Å². The Balaban J connectivity index is 2.23. The molecule has 0 aliphatic heterocycles. The molecular weight excluding hydrogens is 206 g/mol. The van der Waals surface area contributed by atoms with E-state index in [9.17, 15) is 5.26 Å². The van der Waals surface area contributed by atoms with Gasteiger partial charge < -0.3 is 0 Å². The van der Waals surface area contributed by atoms with Crippen LogP contribution in [-0.2, 0) is 11.8 Å². The first-order chi connectivity index (χ1) is 8.37. The Hall–Kier alpha value is -2.07. The number of hydrogen-bond donors (Lipinski definition) is 0. The fourth-order valence-corrected chi connectivity index (χ4v) is 2.81. The normalized spacial score (nSPS) is 21.8. The van der Waals surface area contributed by atoms with Gasteiger partial charge in [-0.15, -0.1) is 0 Å². The largest absolute Gasteiger partial charge is 0.197 e. The maximum Gasteiger partial charge on any atom is 0.108 e. The number of fused-ring (bicyclic) bond motifs is 1. The quantitative estimate of drug-likeness (QED) is 0.720. The second-order valence-electron chi connectivity index (χ2n) is 4.54. The first-order valence-corrected chi connectivity index (χ1v) is 5.92. The molecule has 1 unspecified atom stereocenters. The lowest BCUT2D eigenvalue weighted by molar-refractivity contribution is 0.648. The third-order valence-electron chi connectivity index (χ3n) is 3.70. The van der Waals surface area contributed by atoms with Gasteiger partial charge in [0.15, 0.2) is 0 Å². The minimum absolute atomic E-state index is 0.433. The maximum absolute atomic E-state index is 9.67. The molecule has 1 atom stereocenters. The van der Waals surface area contributed by atoms with Gasteiger partial charge in [-0.05, 0) is 29.5 Å². The van der Waals surface area contributed by atoms with E-state index in [4.69, 9.17) is 0 Å². The van der Waals surface area contributed by atoms with Crippen molar-refractivity contribution in [3.05, 3.63) is 71.3 Å². The molecular formula is C16H13N. The average molecular weight is 219 g/mol. The van der Waals surface area contributed by atoms with Crippen LogP contribution in [0.3, 0.4) is 0 Å². The predicted octanol–water partition coefficient (Wildman–Crippen LogP) is 3.44. The molecule has 2 aromatic rings. The molecule has 1 aliphatic rings. The molecule has 0 saturated carbocycles. The summed E-state index contributed by atoms with van der Waals surface area (Å²) in [7, 11) is 0. The van der Waals surface area contributed by atoms with Gasteiger partial charge in [0, 0.05) is 0 Å². The summed E-state index contributed by atoms with van der Waals surface area (Å²) in [5.41, 5.74) is 3.19. The van der Waals surface area contributed by atoms with Crippen molar-refractivity contribution in [2.45, 2.75) is 18.3 Å². The van der Waals surface area contributed by atoms with Gasteiger partial charge in [-0.25, -0.2) is 0 Å². The second kappa shape index (κ2) is 3.75. The van der Waals surface area contributed by atoms with Crippen molar-refractivity contribution in [2.24, 2.45) is 0 Å². The Morgan fingerprint density at radius 2 is 1.65 bits per heavy atom. The van der Waals surface area contributed by atoms with Crippen molar-refractivity contribution < 1.29 is 0 Å². The molecule has 0 fully saturated rings. The number of aryl methyl sites for hydroxylation is 1. The zero-order valence-electron chi connectivity index (χ0n) is 9.56. The molecule has 0 aromatic heterocycles. The van der Waals surface area contributed by atoms with E-state index in [1.165, 1.54) is 11.1 Å². The number of hydrogen-bond acceptors (Lipinski definition) is 1. The summed E-state index contributed by atoms with van der Waals surface area (Å²) in [6.07, 6.45) is 1.89. The highest BCUT2D eigenvalue weighted by molar-refractivity contribution is 5.52. The molecule has 17 heavy (non-hydrogen) atoms. The highest BCUT2D eigenvalue weighted by Gasteiger charge is 2.40. The molecule has 1 heteroatoms. The molecule has 0 radical (unpaired) electrons. The highest BCUT2D eigenvalue weighted by atomic mass is 14.4. The SMILES string of the molecule is N#CC1(c2ccccc2)CCc2ccccc21. The van der Waals surface area contributed by atoms with Crippen LogP contribution in [-0.4, -0.2) is 0 Å². The van der Waals surface area contributed by atoms with Crippen molar-refractivity contribution in [3.63, 3.8) is 0 Å². The zero-order valence-corrected chi connectivity index (χ0v) is 9.56. The minimum atomic E-state index is -0.433. The Morgan fingerprint density at radius 3 is 2.41 bits per heavy atom. The molecule has 3 rings (SSSR count). The van der Waals surface area contributed by atoms with Crippen LogP contribution in [0.15, 0.2) is 54.6 Å². The number of benzene rings is 2. The van der Waals surface area contributed by atoms with E-state index in [1.807, 2.05) is 24.3 Å². The fourth-order valence-electron chi connectivity index (χ4n) is 2.81. The number of nitrogens with zero attached hydrogens (tertiary/aromatic N) is 1. The summed E-state index contributed by atoms with van der Waals surface area (Å²) in [5.74, 6) is 0. The lowest BCUT2D eigenvalue weighted by Gasteiger charge is -2.22. The van der Waals surface area contributed by atoms with E-state index in [-0.39, 0.29) is 0 Å². The third-order valence-corrected chi connectivity index (χ3v) is 3.70. The second-order valence-corrected chi connectivity index (χ2v) is 4.54. The van der Waals surface area contributed by atoms with E-state index in [0.29, 0.717) is 0 Å². The Morgan fingerprint density at radius 1 is 0.941 bits per heavy atom. The van der Waals surface area contributed by atoms with Crippen LogP contribution in [0.25, 0.3) is 0 Å². The Labute approximate surface area is 101 Å². The van der Waals surface area contributed by atoms with Crippen LogP contribution in [0.4, 0.5) is 0 Å². The molecule has 0 N–H and O–H groups in total. The summed E-state index contributed by atoms with van der Waals surface area (Å²) in [6.45, 7) is 0. The van der Waals surface area contributed by atoms with Gasteiger partial charge in [0.05, 0.1) is 6.07 Å².